The Balaban J connectivity index is 2.28. The van der Waals surface area contributed by atoms with Gasteiger partial charge in [0.1, 0.15) is 18.0 Å². The number of carboxylic acid groups (broad SMARTS) is 1. The third kappa shape index (κ3) is 3.67. The van der Waals surface area contributed by atoms with E-state index in [1.807, 2.05) is 0 Å². The number of carbonyl (C=O) groups excluding carboxylic acids is 1. The first kappa shape index (κ1) is 11.0. The monoisotopic (exact) mass is 213 g/mol. The van der Waals surface area contributed by atoms with Crippen molar-refractivity contribution in [2.45, 2.75) is 19.5 Å². The van der Waals surface area contributed by atoms with Crippen LogP contribution in [0, 0.1) is 0 Å². The second kappa shape index (κ2) is 4.99. The van der Waals surface area contributed by atoms with Gasteiger partial charge in [-0.1, -0.05) is 5.16 Å². The number of aliphatic carboxylic acids is 1. The second-order valence-corrected chi connectivity index (χ2v) is 2.88. The highest BCUT2D eigenvalue weighted by Gasteiger charge is 2.13. The lowest BCUT2D eigenvalue weighted by atomic mass is 10.3. The molecule has 1 atom stereocenters. The number of nitrogens with zero attached hydrogens (tertiary/aromatic N) is 1. The van der Waals surface area contributed by atoms with Crippen LogP contribution in [0.2, 0.25) is 0 Å². The molecule has 0 bridgehead atoms. The number of carboxylic acids is 1. The lowest BCUT2D eigenvalue weighted by Gasteiger charge is -2.09. The summed E-state index contributed by atoms with van der Waals surface area (Å²) >= 11 is 0. The summed E-state index contributed by atoms with van der Waals surface area (Å²) in [6.07, 6.45) is 1.38. The van der Waals surface area contributed by atoms with Gasteiger partial charge in [-0.25, -0.2) is 4.79 Å². The maximum atomic E-state index is 11.1. The van der Waals surface area contributed by atoms with Crippen molar-refractivity contribution in [2.24, 2.45) is 0 Å². The third-order valence-corrected chi connectivity index (χ3v) is 1.64. The van der Waals surface area contributed by atoms with Gasteiger partial charge in [0.15, 0.2) is 0 Å². The summed E-state index contributed by atoms with van der Waals surface area (Å²) in [7, 11) is 0. The Labute approximate surface area is 85.4 Å². The van der Waals surface area contributed by atoms with E-state index >= 15 is 0 Å². The summed E-state index contributed by atoms with van der Waals surface area (Å²) in [4.78, 5) is 21.5. The minimum atomic E-state index is -1.09. The number of aromatic nitrogens is 1. The zero-order valence-electron chi connectivity index (χ0n) is 8.06. The molecule has 0 fully saturated rings. The average Bonchev–Trinajstić information content (AvgIpc) is 2.66. The van der Waals surface area contributed by atoms with Crippen LogP contribution in [-0.2, 0) is 11.3 Å². The lowest BCUT2D eigenvalue weighted by Crippen LogP contribution is -2.44. The van der Waals surface area contributed by atoms with Gasteiger partial charge < -0.3 is 20.3 Å². The number of amides is 2. The van der Waals surface area contributed by atoms with Crippen molar-refractivity contribution < 1.29 is 19.2 Å². The Hall–Kier alpha value is -2.05. The van der Waals surface area contributed by atoms with E-state index in [-0.39, 0.29) is 6.54 Å². The summed E-state index contributed by atoms with van der Waals surface area (Å²) in [5.41, 5.74) is 0.563. The summed E-state index contributed by atoms with van der Waals surface area (Å²) in [5.74, 6) is -1.09. The summed E-state index contributed by atoms with van der Waals surface area (Å²) in [5, 5.41) is 16.8. The number of nitrogens with one attached hydrogen (secondary N) is 2. The Kier molecular flexibility index (Phi) is 3.67. The minimum Gasteiger partial charge on any atom is -0.480 e. The van der Waals surface area contributed by atoms with Crippen molar-refractivity contribution in [1.82, 2.24) is 15.8 Å². The van der Waals surface area contributed by atoms with Crippen LogP contribution in [0.4, 0.5) is 4.79 Å². The Bertz CT molecular complexity index is 336. The SMILES string of the molecule is CC(NC(=O)NCc1ccon1)C(=O)O. The molecule has 1 unspecified atom stereocenters. The molecular formula is C8H11N3O4. The predicted molar refractivity (Wildman–Crippen MR) is 49.0 cm³/mol. The Morgan fingerprint density at radius 2 is 2.40 bits per heavy atom. The first-order valence-electron chi connectivity index (χ1n) is 4.26. The molecule has 7 nitrogen and oxygen atoms in total. The molecule has 0 saturated carbocycles. The van der Waals surface area contributed by atoms with Gasteiger partial charge in [0.05, 0.1) is 6.54 Å². The topological polar surface area (TPSA) is 104 Å². The van der Waals surface area contributed by atoms with Crippen molar-refractivity contribution in [2.75, 3.05) is 0 Å². The van der Waals surface area contributed by atoms with Crippen molar-refractivity contribution >= 4 is 12.0 Å². The number of carbonyl (C=O) groups is 2. The average molecular weight is 213 g/mol. The molecule has 0 aromatic carbocycles. The van der Waals surface area contributed by atoms with Gasteiger partial charge in [0.2, 0.25) is 0 Å². The van der Waals surface area contributed by atoms with Gasteiger partial charge in [0, 0.05) is 6.07 Å². The van der Waals surface area contributed by atoms with E-state index < -0.39 is 18.0 Å². The lowest BCUT2D eigenvalue weighted by molar-refractivity contribution is -0.138. The van der Waals surface area contributed by atoms with Crippen molar-refractivity contribution in [1.29, 1.82) is 0 Å². The normalized spacial score (nSPS) is 11.8. The molecular weight excluding hydrogens is 202 g/mol. The number of hydrogen-bond acceptors (Lipinski definition) is 4. The van der Waals surface area contributed by atoms with Gasteiger partial charge >= 0.3 is 12.0 Å². The molecule has 3 N–H and O–H groups in total. The molecule has 0 radical (unpaired) electrons. The summed E-state index contributed by atoms with van der Waals surface area (Å²) < 4.78 is 4.55. The highest BCUT2D eigenvalue weighted by Crippen LogP contribution is 1.92. The van der Waals surface area contributed by atoms with Gasteiger partial charge in [-0.2, -0.15) is 0 Å². The van der Waals surface area contributed by atoms with Crippen LogP contribution >= 0.6 is 0 Å². The quantitative estimate of drug-likeness (QED) is 0.650. The molecule has 7 heteroatoms. The number of hydrogen-bond donors (Lipinski definition) is 3. The number of urea groups is 1. The molecule has 82 valence electrons. The first-order chi connectivity index (χ1) is 7.09. The Morgan fingerprint density at radius 1 is 1.67 bits per heavy atom. The van der Waals surface area contributed by atoms with Gasteiger partial charge in [0.25, 0.3) is 0 Å². The van der Waals surface area contributed by atoms with Crippen LogP contribution < -0.4 is 10.6 Å². The minimum absolute atomic E-state index is 0.189. The maximum Gasteiger partial charge on any atom is 0.325 e. The van der Waals surface area contributed by atoms with E-state index in [2.05, 4.69) is 20.3 Å². The molecule has 0 saturated heterocycles. The van der Waals surface area contributed by atoms with Crippen molar-refractivity contribution in [3.05, 3.63) is 18.0 Å². The largest absolute Gasteiger partial charge is 0.480 e. The van der Waals surface area contributed by atoms with Crippen LogP contribution in [0.15, 0.2) is 16.9 Å². The van der Waals surface area contributed by atoms with E-state index in [0.717, 1.165) is 0 Å². The standard InChI is InChI=1S/C8H11N3O4/c1-5(7(12)13)10-8(14)9-4-6-2-3-15-11-6/h2-3,5H,4H2,1H3,(H,12,13)(H2,9,10,14). The van der Waals surface area contributed by atoms with E-state index in [1.54, 1.807) is 6.07 Å². The fourth-order valence-corrected chi connectivity index (χ4v) is 0.809. The van der Waals surface area contributed by atoms with E-state index in [4.69, 9.17) is 5.11 Å². The molecule has 0 aliphatic carbocycles. The molecule has 0 spiro atoms. The fourth-order valence-electron chi connectivity index (χ4n) is 0.809. The molecule has 1 aromatic heterocycles. The van der Waals surface area contributed by atoms with E-state index in [1.165, 1.54) is 13.2 Å². The fraction of sp³-hybridized carbons (Fsp3) is 0.375. The molecule has 0 aliphatic heterocycles. The maximum absolute atomic E-state index is 11.1. The predicted octanol–water partition coefficient (Wildman–Crippen LogP) is -0.0531. The van der Waals surface area contributed by atoms with Gasteiger partial charge in [-0.3, -0.25) is 4.79 Å². The van der Waals surface area contributed by atoms with Crippen LogP contribution in [-0.4, -0.2) is 28.3 Å². The van der Waals surface area contributed by atoms with Crippen molar-refractivity contribution in [3.8, 4) is 0 Å². The molecule has 1 aromatic rings. The van der Waals surface area contributed by atoms with Crippen LogP contribution in [0.5, 0.6) is 0 Å². The third-order valence-electron chi connectivity index (χ3n) is 1.64. The number of rotatable bonds is 4. The summed E-state index contributed by atoms with van der Waals surface area (Å²) in [6.45, 7) is 1.56. The highest BCUT2D eigenvalue weighted by atomic mass is 16.5. The second-order valence-electron chi connectivity index (χ2n) is 2.88. The van der Waals surface area contributed by atoms with Crippen LogP contribution in [0.1, 0.15) is 12.6 Å². The molecule has 0 aliphatic rings. The molecule has 15 heavy (non-hydrogen) atoms. The summed E-state index contributed by atoms with van der Waals surface area (Å²) in [6, 6.07) is 0.108. The zero-order valence-corrected chi connectivity index (χ0v) is 8.06. The van der Waals surface area contributed by atoms with Crippen LogP contribution in [0.25, 0.3) is 0 Å². The van der Waals surface area contributed by atoms with E-state index in [9.17, 15) is 9.59 Å². The van der Waals surface area contributed by atoms with E-state index in [0.29, 0.717) is 5.69 Å². The zero-order chi connectivity index (χ0) is 11.3. The van der Waals surface area contributed by atoms with Gasteiger partial charge in [-0.15, -0.1) is 0 Å². The molecule has 2 amide bonds. The Morgan fingerprint density at radius 3 is 2.93 bits per heavy atom. The highest BCUT2D eigenvalue weighted by molar-refractivity contribution is 5.82. The smallest absolute Gasteiger partial charge is 0.325 e. The van der Waals surface area contributed by atoms with Crippen LogP contribution in [0.3, 0.4) is 0 Å². The van der Waals surface area contributed by atoms with Gasteiger partial charge in [-0.05, 0) is 6.92 Å². The first-order valence-corrected chi connectivity index (χ1v) is 4.26. The molecule has 1 rings (SSSR count). The van der Waals surface area contributed by atoms with Crippen molar-refractivity contribution in [3.63, 3.8) is 0 Å². The molecule has 1 heterocycles.